The first-order valence-corrected chi connectivity index (χ1v) is 7.38. The number of aromatic nitrogens is 2. The number of nitrogens with one attached hydrogen (secondary N) is 1. The van der Waals surface area contributed by atoms with Gasteiger partial charge in [-0.05, 0) is 43.2 Å². The van der Waals surface area contributed by atoms with E-state index in [4.69, 9.17) is 0 Å². The SMILES string of the molecule is O=C(NCC1(O)CCCC1)c1ccn(-c2ccc(F)cc2)n1. The molecule has 22 heavy (non-hydrogen) atoms. The third-order valence-electron chi connectivity index (χ3n) is 4.03. The zero-order valence-corrected chi connectivity index (χ0v) is 12.1. The Morgan fingerprint density at radius 1 is 1.27 bits per heavy atom. The molecular formula is C16H18FN3O2. The van der Waals surface area contributed by atoms with E-state index < -0.39 is 5.60 Å². The summed E-state index contributed by atoms with van der Waals surface area (Å²) < 4.78 is 14.4. The monoisotopic (exact) mass is 303 g/mol. The minimum absolute atomic E-state index is 0.245. The lowest BCUT2D eigenvalue weighted by atomic mass is 10.0. The molecule has 6 heteroatoms. The third kappa shape index (κ3) is 3.17. The van der Waals surface area contributed by atoms with Crippen molar-refractivity contribution in [3.05, 3.63) is 48.0 Å². The van der Waals surface area contributed by atoms with E-state index in [1.54, 1.807) is 24.4 Å². The molecule has 1 amide bonds. The molecule has 1 aromatic heterocycles. The van der Waals surface area contributed by atoms with E-state index in [0.717, 1.165) is 25.7 Å². The Hall–Kier alpha value is -2.21. The number of hydrogen-bond donors (Lipinski definition) is 2. The first kappa shape index (κ1) is 14.7. The third-order valence-corrected chi connectivity index (χ3v) is 4.03. The molecule has 0 atom stereocenters. The number of rotatable bonds is 4. The van der Waals surface area contributed by atoms with Crippen molar-refractivity contribution in [3.8, 4) is 5.69 Å². The fourth-order valence-electron chi connectivity index (χ4n) is 2.73. The Morgan fingerprint density at radius 2 is 1.95 bits per heavy atom. The van der Waals surface area contributed by atoms with Crippen molar-refractivity contribution < 1.29 is 14.3 Å². The number of nitrogens with zero attached hydrogens (tertiary/aromatic N) is 2. The van der Waals surface area contributed by atoms with Crippen LogP contribution in [0.15, 0.2) is 36.5 Å². The van der Waals surface area contributed by atoms with Gasteiger partial charge >= 0.3 is 0 Å². The van der Waals surface area contributed by atoms with Crippen LogP contribution in [0.4, 0.5) is 4.39 Å². The number of halogens is 1. The molecule has 0 bridgehead atoms. The van der Waals surface area contributed by atoms with E-state index in [2.05, 4.69) is 10.4 Å². The summed E-state index contributed by atoms with van der Waals surface area (Å²) in [6.07, 6.45) is 5.07. The summed E-state index contributed by atoms with van der Waals surface area (Å²) >= 11 is 0. The minimum Gasteiger partial charge on any atom is -0.388 e. The summed E-state index contributed by atoms with van der Waals surface area (Å²) in [4.78, 5) is 12.1. The highest BCUT2D eigenvalue weighted by atomic mass is 19.1. The molecule has 1 heterocycles. The number of hydrogen-bond acceptors (Lipinski definition) is 3. The highest BCUT2D eigenvalue weighted by Crippen LogP contribution is 2.28. The van der Waals surface area contributed by atoms with Crippen LogP contribution in [0.3, 0.4) is 0 Å². The van der Waals surface area contributed by atoms with Gasteiger partial charge in [-0.1, -0.05) is 12.8 Å². The molecule has 3 rings (SSSR count). The largest absolute Gasteiger partial charge is 0.388 e. The van der Waals surface area contributed by atoms with Gasteiger partial charge in [-0.3, -0.25) is 4.79 Å². The van der Waals surface area contributed by atoms with E-state index in [9.17, 15) is 14.3 Å². The Kier molecular flexibility index (Phi) is 3.94. The van der Waals surface area contributed by atoms with Gasteiger partial charge in [0.1, 0.15) is 5.82 Å². The zero-order valence-electron chi connectivity index (χ0n) is 12.1. The van der Waals surface area contributed by atoms with Gasteiger partial charge in [-0.15, -0.1) is 0 Å². The van der Waals surface area contributed by atoms with Gasteiger partial charge < -0.3 is 10.4 Å². The van der Waals surface area contributed by atoms with Crippen LogP contribution < -0.4 is 5.32 Å². The van der Waals surface area contributed by atoms with Crippen LogP contribution in [0.25, 0.3) is 5.69 Å². The van der Waals surface area contributed by atoms with Crippen molar-refractivity contribution in [1.82, 2.24) is 15.1 Å². The van der Waals surface area contributed by atoms with Crippen molar-refractivity contribution >= 4 is 5.91 Å². The van der Waals surface area contributed by atoms with Crippen LogP contribution >= 0.6 is 0 Å². The van der Waals surface area contributed by atoms with Crippen LogP contribution in [0, 0.1) is 5.82 Å². The average Bonchev–Trinajstić information content (AvgIpc) is 3.15. The molecule has 1 aromatic carbocycles. The Labute approximate surface area is 127 Å². The maximum Gasteiger partial charge on any atom is 0.271 e. The van der Waals surface area contributed by atoms with Crippen LogP contribution in [0.5, 0.6) is 0 Å². The number of benzene rings is 1. The molecule has 0 unspecified atom stereocenters. The number of carbonyl (C=O) groups excluding carboxylic acids is 1. The highest BCUT2D eigenvalue weighted by Gasteiger charge is 2.31. The summed E-state index contributed by atoms with van der Waals surface area (Å²) in [5.74, 6) is -0.639. The lowest BCUT2D eigenvalue weighted by molar-refractivity contribution is 0.0448. The molecule has 1 aliphatic carbocycles. The van der Waals surface area contributed by atoms with E-state index in [1.165, 1.54) is 16.8 Å². The van der Waals surface area contributed by atoms with E-state index in [0.29, 0.717) is 5.69 Å². The second-order valence-electron chi connectivity index (χ2n) is 5.74. The summed E-state index contributed by atoms with van der Waals surface area (Å²) in [7, 11) is 0. The fraction of sp³-hybridized carbons (Fsp3) is 0.375. The first-order valence-electron chi connectivity index (χ1n) is 7.38. The van der Waals surface area contributed by atoms with Gasteiger partial charge in [0.25, 0.3) is 5.91 Å². The lowest BCUT2D eigenvalue weighted by Gasteiger charge is -2.21. The Morgan fingerprint density at radius 3 is 2.64 bits per heavy atom. The second kappa shape index (κ2) is 5.88. The van der Waals surface area contributed by atoms with Gasteiger partial charge in [0, 0.05) is 12.7 Å². The summed E-state index contributed by atoms with van der Waals surface area (Å²) in [6.45, 7) is 0.245. The van der Waals surface area contributed by atoms with Gasteiger partial charge in [0.15, 0.2) is 5.69 Å². The standard InChI is InChI=1S/C16H18FN3O2/c17-12-3-5-13(6-4-12)20-10-7-14(19-20)15(21)18-11-16(22)8-1-2-9-16/h3-7,10,22H,1-2,8-9,11H2,(H,18,21). The van der Waals surface area contributed by atoms with Gasteiger partial charge in [0.05, 0.1) is 11.3 Å². The molecular weight excluding hydrogens is 285 g/mol. The zero-order chi connectivity index (χ0) is 15.6. The number of aliphatic hydroxyl groups is 1. The normalized spacial score (nSPS) is 16.6. The van der Waals surface area contributed by atoms with E-state index >= 15 is 0 Å². The van der Waals surface area contributed by atoms with Gasteiger partial charge in [-0.25, -0.2) is 9.07 Å². The molecule has 1 aliphatic rings. The molecule has 2 N–H and O–H groups in total. The average molecular weight is 303 g/mol. The minimum atomic E-state index is -0.783. The maximum absolute atomic E-state index is 12.9. The molecule has 116 valence electrons. The van der Waals surface area contributed by atoms with E-state index in [1.807, 2.05) is 0 Å². The van der Waals surface area contributed by atoms with Crippen LogP contribution in [-0.4, -0.2) is 32.9 Å². The van der Waals surface area contributed by atoms with Crippen LogP contribution in [-0.2, 0) is 0 Å². The summed E-state index contributed by atoms with van der Waals surface area (Å²) in [5.41, 5.74) is 0.163. The van der Waals surface area contributed by atoms with Crippen LogP contribution in [0.1, 0.15) is 36.2 Å². The Bertz CT molecular complexity index is 660. The molecule has 0 radical (unpaired) electrons. The van der Waals surface area contributed by atoms with Crippen molar-refractivity contribution in [1.29, 1.82) is 0 Å². The predicted molar refractivity (Wildman–Crippen MR) is 79.3 cm³/mol. The smallest absolute Gasteiger partial charge is 0.271 e. The number of amides is 1. The molecule has 2 aromatic rings. The Balaban J connectivity index is 1.65. The van der Waals surface area contributed by atoms with Crippen LogP contribution in [0.2, 0.25) is 0 Å². The van der Waals surface area contributed by atoms with Gasteiger partial charge in [-0.2, -0.15) is 5.10 Å². The molecule has 0 aliphatic heterocycles. The van der Waals surface area contributed by atoms with Crippen molar-refractivity contribution in [2.45, 2.75) is 31.3 Å². The molecule has 1 saturated carbocycles. The second-order valence-corrected chi connectivity index (χ2v) is 5.74. The predicted octanol–water partition coefficient (Wildman–Crippen LogP) is 2.05. The molecule has 0 saturated heterocycles. The van der Waals surface area contributed by atoms with Crippen molar-refractivity contribution in [2.75, 3.05) is 6.54 Å². The van der Waals surface area contributed by atoms with Gasteiger partial charge in [0.2, 0.25) is 0 Å². The van der Waals surface area contributed by atoms with Crippen molar-refractivity contribution in [3.63, 3.8) is 0 Å². The topological polar surface area (TPSA) is 67.2 Å². The maximum atomic E-state index is 12.9. The molecule has 5 nitrogen and oxygen atoms in total. The highest BCUT2D eigenvalue weighted by molar-refractivity contribution is 5.92. The number of carbonyl (C=O) groups is 1. The first-order chi connectivity index (χ1) is 10.6. The van der Waals surface area contributed by atoms with Crippen molar-refractivity contribution in [2.24, 2.45) is 0 Å². The van der Waals surface area contributed by atoms with E-state index in [-0.39, 0.29) is 24.0 Å². The fourth-order valence-corrected chi connectivity index (χ4v) is 2.73. The molecule has 0 spiro atoms. The quantitative estimate of drug-likeness (QED) is 0.908. The summed E-state index contributed by atoms with van der Waals surface area (Å²) in [5, 5.41) is 17.1. The molecule has 1 fully saturated rings. The lowest BCUT2D eigenvalue weighted by Crippen LogP contribution is -2.40. The summed E-state index contributed by atoms with van der Waals surface area (Å²) in [6, 6.07) is 7.45.